The van der Waals surface area contributed by atoms with Gasteiger partial charge in [0, 0.05) is 12.3 Å². The lowest BCUT2D eigenvalue weighted by atomic mass is 10.1. The van der Waals surface area contributed by atoms with E-state index in [4.69, 9.17) is 4.74 Å². The molecule has 0 spiro atoms. The van der Waals surface area contributed by atoms with Crippen LogP contribution in [0.25, 0.3) is 0 Å². The minimum Gasteiger partial charge on any atom is -0.468 e. The number of hydrogen-bond donors (Lipinski definition) is 0. The highest BCUT2D eigenvalue weighted by atomic mass is 32.2. The molecule has 2 aromatic carbocycles. The van der Waals surface area contributed by atoms with Crippen LogP contribution in [0.3, 0.4) is 0 Å². The van der Waals surface area contributed by atoms with E-state index in [-0.39, 0.29) is 12.0 Å². The predicted octanol–water partition coefficient (Wildman–Crippen LogP) is 3.35. The first-order valence-corrected chi connectivity index (χ1v) is 8.86. The zero-order chi connectivity index (χ0) is 16.1. The van der Waals surface area contributed by atoms with Gasteiger partial charge in [-0.05, 0) is 17.5 Å². The predicted molar refractivity (Wildman–Crippen MR) is 94.2 cm³/mol. The Morgan fingerprint density at radius 2 is 1.74 bits per heavy atom. The monoisotopic (exact) mass is 327 g/mol. The summed E-state index contributed by atoms with van der Waals surface area (Å²) in [5.74, 6) is 0.831. The van der Waals surface area contributed by atoms with E-state index in [1.807, 2.05) is 36.0 Å². The van der Waals surface area contributed by atoms with Crippen LogP contribution in [0.1, 0.15) is 11.1 Å². The van der Waals surface area contributed by atoms with Gasteiger partial charge in [-0.1, -0.05) is 60.7 Å². The van der Waals surface area contributed by atoms with Crippen LogP contribution < -0.4 is 0 Å². The molecular weight excluding hydrogens is 306 g/mol. The summed E-state index contributed by atoms with van der Waals surface area (Å²) in [5, 5.41) is 0.406. The van der Waals surface area contributed by atoms with E-state index < -0.39 is 0 Å². The molecule has 1 aliphatic heterocycles. The summed E-state index contributed by atoms with van der Waals surface area (Å²) < 4.78 is 5.01. The van der Waals surface area contributed by atoms with E-state index in [1.165, 1.54) is 18.2 Å². The topological polar surface area (TPSA) is 29.3 Å². The van der Waals surface area contributed by atoms with Gasteiger partial charge in [0.1, 0.15) is 6.04 Å². The first-order valence-electron chi connectivity index (χ1n) is 7.81. The summed E-state index contributed by atoms with van der Waals surface area (Å²) in [6.07, 6.45) is 0.704. The minimum absolute atomic E-state index is 0.142. The van der Waals surface area contributed by atoms with Crippen LogP contribution in [0.15, 0.2) is 60.7 Å². The number of nitrogens with zero attached hydrogens (tertiary/aromatic N) is 1. The molecule has 2 unspecified atom stereocenters. The van der Waals surface area contributed by atoms with Crippen LogP contribution in [-0.4, -0.2) is 35.9 Å². The van der Waals surface area contributed by atoms with E-state index in [1.54, 1.807) is 0 Å². The molecule has 3 atom stereocenters. The third kappa shape index (κ3) is 4.36. The third-order valence-electron chi connectivity index (χ3n) is 4.03. The van der Waals surface area contributed by atoms with Crippen molar-refractivity contribution in [1.82, 2.24) is 4.90 Å². The molecule has 0 radical (unpaired) electrons. The van der Waals surface area contributed by atoms with Crippen LogP contribution in [0.2, 0.25) is 0 Å². The summed E-state index contributed by atoms with van der Waals surface area (Å²) in [4.78, 5) is 14.4. The Kier molecular flexibility index (Phi) is 5.36. The molecule has 120 valence electrons. The molecule has 4 heteroatoms. The number of benzene rings is 2. The maximum absolute atomic E-state index is 12.1. The average molecular weight is 327 g/mol. The van der Waals surface area contributed by atoms with E-state index in [9.17, 15) is 4.79 Å². The fourth-order valence-corrected chi connectivity index (χ4v) is 3.88. The Morgan fingerprint density at radius 1 is 1.13 bits per heavy atom. The maximum atomic E-state index is 12.1. The van der Waals surface area contributed by atoms with Crippen LogP contribution in [0, 0.1) is 0 Å². The standard InChI is InChI=1S/C19H21NO2S/c1-22-19(21)17(12-15-8-4-2-5-9-15)20-13-18(20)23-14-16-10-6-3-7-11-16/h2-11,17-18H,12-14H2,1H3/t17?,18-,20?/m0/s1. The number of methoxy groups -OCH3 is 1. The van der Waals surface area contributed by atoms with E-state index >= 15 is 0 Å². The normalized spacial score (nSPS) is 20.7. The molecule has 2 aromatic rings. The second-order valence-corrected chi connectivity index (χ2v) is 6.84. The molecule has 0 aromatic heterocycles. The number of carbonyl (C=O) groups excluding carboxylic acids is 1. The molecule has 0 saturated carbocycles. The number of rotatable bonds is 7. The fourth-order valence-electron chi connectivity index (χ4n) is 2.69. The van der Waals surface area contributed by atoms with Crippen LogP contribution >= 0.6 is 11.8 Å². The highest BCUT2D eigenvalue weighted by Gasteiger charge is 2.43. The summed E-state index contributed by atoms with van der Waals surface area (Å²) in [6.45, 7) is 0.949. The molecule has 0 aliphatic carbocycles. The van der Waals surface area contributed by atoms with Crippen molar-refractivity contribution in [2.75, 3.05) is 13.7 Å². The lowest BCUT2D eigenvalue weighted by Gasteiger charge is -2.17. The second-order valence-electron chi connectivity index (χ2n) is 5.68. The SMILES string of the molecule is COC(=O)C(Cc1ccccc1)N1C[C@@H]1SCc1ccccc1. The van der Waals surface area contributed by atoms with Crippen molar-refractivity contribution < 1.29 is 9.53 Å². The lowest BCUT2D eigenvalue weighted by molar-refractivity contribution is -0.144. The largest absolute Gasteiger partial charge is 0.468 e. The number of hydrogen-bond acceptors (Lipinski definition) is 4. The second kappa shape index (κ2) is 7.66. The van der Waals surface area contributed by atoms with Crippen LogP contribution in [0.4, 0.5) is 0 Å². The molecule has 3 nitrogen and oxygen atoms in total. The Morgan fingerprint density at radius 3 is 2.35 bits per heavy atom. The summed E-state index contributed by atoms with van der Waals surface area (Å²) >= 11 is 1.89. The van der Waals surface area contributed by atoms with Gasteiger partial charge in [0.25, 0.3) is 0 Å². The molecule has 1 fully saturated rings. The highest BCUT2D eigenvalue weighted by Crippen LogP contribution is 2.35. The first-order chi connectivity index (χ1) is 11.3. The summed E-state index contributed by atoms with van der Waals surface area (Å²) in [7, 11) is 1.47. The van der Waals surface area contributed by atoms with Crippen molar-refractivity contribution in [3.05, 3.63) is 71.8 Å². The minimum atomic E-state index is -0.185. The number of esters is 1. The van der Waals surface area contributed by atoms with Gasteiger partial charge in [-0.15, -0.1) is 11.8 Å². The zero-order valence-electron chi connectivity index (χ0n) is 13.2. The van der Waals surface area contributed by atoms with E-state index in [2.05, 4.69) is 41.3 Å². The van der Waals surface area contributed by atoms with Crippen molar-refractivity contribution in [3.8, 4) is 0 Å². The quantitative estimate of drug-likeness (QED) is 0.576. The smallest absolute Gasteiger partial charge is 0.323 e. The molecule has 0 bridgehead atoms. The van der Waals surface area contributed by atoms with E-state index in [0.29, 0.717) is 11.8 Å². The van der Waals surface area contributed by atoms with Gasteiger partial charge in [-0.3, -0.25) is 9.69 Å². The molecule has 23 heavy (non-hydrogen) atoms. The first kappa shape index (κ1) is 16.1. The van der Waals surface area contributed by atoms with Crippen molar-refractivity contribution in [3.63, 3.8) is 0 Å². The zero-order valence-corrected chi connectivity index (χ0v) is 14.0. The third-order valence-corrected chi connectivity index (χ3v) is 5.34. The van der Waals surface area contributed by atoms with Crippen molar-refractivity contribution in [2.45, 2.75) is 23.6 Å². The fraction of sp³-hybridized carbons (Fsp3) is 0.316. The molecule has 1 heterocycles. The van der Waals surface area contributed by atoms with Crippen LogP contribution in [-0.2, 0) is 21.7 Å². The van der Waals surface area contributed by atoms with E-state index in [0.717, 1.165) is 12.3 Å². The number of carbonyl (C=O) groups is 1. The van der Waals surface area contributed by atoms with Gasteiger partial charge in [0.2, 0.25) is 0 Å². The summed E-state index contributed by atoms with van der Waals surface area (Å²) in [6, 6.07) is 20.4. The molecule has 0 amide bonds. The van der Waals surface area contributed by atoms with Crippen molar-refractivity contribution in [2.24, 2.45) is 0 Å². The van der Waals surface area contributed by atoms with Gasteiger partial charge in [0.05, 0.1) is 12.5 Å². The lowest BCUT2D eigenvalue weighted by Crippen LogP contribution is -2.33. The molecule has 1 aliphatic rings. The Labute approximate surface area is 141 Å². The van der Waals surface area contributed by atoms with Crippen molar-refractivity contribution in [1.29, 1.82) is 0 Å². The Bertz CT molecular complexity index is 632. The number of thioether (sulfide) groups is 1. The highest BCUT2D eigenvalue weighted by molar-refractivity contribution is 7.99. The van der Waals surface area contributed by atoms with Gasteiger partial charge in [-0.25, -0.2) is 0 Å². The molecule has 1 saturated heterocycles. The van der Waals surface area contributed by atoms with Crippen molar-refractivity contribution >= 4 is 17.7 Å². The Balaban J connectivity index is 1.58. The average Bonchev–Trinajstić information content (AvgIpc) is 3.38. The van der Waals surface area contributed by atoms with Gasteiger partial charge in [-0.2, -0.15) is 0 Å². The number of ether oxygens (including phenoxy) is 1. The van der Waals surface area contributed by atoms with Gasteiger partial charge in [0.15, 0.2) is 0 Å². The van der Waals surface area contributed by atoms with Gasteiger partial charge >= 0.3 is 5.97 Å². The summed E-state index contributed by atoms with van der Waals surface area (Å²) in [5.41, 5.74) is 2.49. The molecular formula is C19H21NO2S. The molecule has 0 N–H and O–H groups in total. The van der Waals surface area contributed by atoms with Gasteiger partial charge < -0.3 is 4.74 Å². The Hall–Kier alpha value is -1.78. The van der Waals surface area contributed by atoms with Crippen LogP contribution in [0.5, 0.6) is 0 Å². The molecule has 3 rings (SSSR count). The maximum Gasteiger partial charge on any atom is 0.323 e.